The first-order valence-corrected chi connectivity index (χ1v) is 23.6. The first kappa shape index (κ1) is 34.6. The minimum atomic E-state index is -2.31. The Morgan fingerprint density at radius 1 is 0.400 bits per heavy atom. The van der Waals surface area contributed by atoms with E-state index >= 15 is 0 Å². The van der Waals surface area contributed by atoms with Crippen molar-refractivity contribution >= 4 is 52.8 Å². The van der Waals surface area contributed by atoms with Crippen LogP contribution in [-0.2, 0) is 5.41 Å². The summed E-state index contributed by atoms with van der Waals surface area (Å²) in [4.78, 5) is 20.8. The van der Waals surface area contributed by atoms with E-state index in [4.69, 9.17) is 15.0 Å². The summed E-state index contributed by atoms with van der Waals surface area (Å²) in [5.74, 6) is 1.88. The maximum absolute atomic E-state index is 5.41. The summed E-state index contributed by atoms with van der Waals surface area (Å²) in [7, 11) is -2.31. The number of aromatic nitrogens is 3. The molecule has 0 fully saturated rings. The van der Waals surface area contributed by atoms with Crippen LogP contribution in [0.1, 0.15) is 22.3 Å². The zero-order valence-corrected chi connectivity index (χ0v) is 34.3. The Morgan fingerprint density at radius 2 is 0.900 bits per heavy atom. The monoisotopic (exact) mass is 785 g/mol. The second kappa shape index (κ2) is 13.0. The molecular weight excluding hydrogens is 747 g/mol. The average molecular weight is 786 g/mol. The Morgan fingerprint density at radius 3 is 1.52 bits per heavy atom. The van der Waals surface area contributed by atoms with Gasteiger partial charge in [0.1, 0.15) is 8.07 Å². The predicted octanol–water partition coefficient (Wildman–Crippen LogP) is 12.0. The molecular formula is C54H39N5Si. The van der Waals surface area contributed by atoms with Gasteiger partial charge in [-0.3, -0.25) is 4.90 Å². The SMILES string of the molecule is C[Si]1(C)c2ccccc2N(c2nc(-c3ccccc3)nc(-c3ccccc3)n2)c2c1ccc1c2-c2ccccc2C12c1ccccc1N(c1ccccc1)c1ccccc12. The van der Waals surface area contributed by atoms with Gasteiger partial charge < -0.3 is 4.90 Å². The molecule has 0 bridgehead atoms. The highest BCUT2D eigenvalue weighted by Crippen LogP contribution is 2.65. The van der Waals surface area contributed by atoms with E-state index in [0.717, 1.165) is 28.2 Å². The Hall–Kier alpha value is -7.41. The highest BCUT2D eigenvalue weighted by atomic mass is 28.3. The quantitative estimate of drug-likeness (QED) is 0.166. The Kier molecular flexibility index (Phi) is 7.53. The van der Waals surface area contributed by atoms with E-state index in [1.807, 2.05) is 36.4 Å². The zero-order valence-electron chi connectivity index (χ0n) is 33.3. The lowest BCUT2D eigenvalue weighted by Gasteiger charge is -2.45. The van der Waals surface area contributed by atoms with Gasteiger partial charge in [-0.2, -0.15) is 9.97 Å². The molecule has 1 aliphatic carbocycles. The van der Waals surface area contributed by atoms with Crippen LogP contribution in [-0.4, -0.2) is 23.0 Å². The summed E-state index contributed by atoms with van der Waals surface area (Å²) in [6, 6.07) is 72.3. The van der Waals surface area contributed by atoms with Gasteiger partial charge in [-0.15, -0.1) is 0 Å². The summed E-state index contributed by atoms with van der Waals surface area (Å²) >= 11 is 0. The second-order valence-electron chi connectivity index (χ2n) is 16.4. The average Bonchev–Trinajstić information content (AvgIpc) is 3.61. The first-order chi connectivity index (χ1) is 29.5. The van der Waals surface area contributed by atoms with E-state index in [9.17, 15) is 0 Å². The van der Waals surface area contributed by atoms with Crippen molar-refractivity contribution in [3.05, 3.63) is 222 Å². The first-order valence-electron chi connectivity index (χ1n) is 20.6. The smallest absolute Gasteiger partial charge is 0.238 e. The minimum absolute atomic E-state index is 0.600. The molecule has 0 radical (unpaired) electrons. The van der Waals surface area contributed by atoms with Crippen molar-refractivity contribution in [3.63, 3.8) is 0 Å². The molecule has 12 rings (SSSR count). The van der Waals surface area contributed by atoms with Crippen molar-refractivity contribution in [1.29, 1.82) is 0 Å². The molecule has 0 saturated heterocycles. The topological polar surface area (TPSA) is 45.2 Å². The van der Waals surface area contributed by atoms with E-state index in [-0.39, 0.29) is 0 Å². The molecule has 9 aromatic rings. The van der Waals surface area contributed by atoms with Gasteiger partial charge in [-0.25, -0.2) is 4.98 Å². The van der Waals surface area contributed by atoms with Crippen molar-refractivity contribution in [2.24, 2.45) is 0 Å². The number of nitrogens with zero attached hydrogens (tertiary/aromatic N) is 5. The Balaban J connectivity index is 1.20. The van der Waals surface area contributed by atoms with Gasteiger partial charge in [0.15, 0.2) is 11.6 Å². The number of benzene rings is 8. The van der Waals surface area contributed by atoms with E-state index in [2.05, 4.69) is 187 Å². The van der Waals surface area contributed by atoms with Crippen LogP contribution >= 0.6 is 0 Å². The summed E-state index contributed by atoms with van der Waals surface area (Å²) in [6.45, 7) is 4.98. The number of anilines is 6. The molecule has 3 heterocycles. The number of para-hydroxylation sites is 4. The fraction of sp³-hybridized carbons (Fsp3) is 0.0556. The molecule has 6 heteroatoms. The van der Waals surface area contributed by atoms with Crippen molar-refractivity contribution in [2.75, 3.05) is 9.80 Å². The van der Waals surface area contributed by atoms with Crippen LogP contribution in [0.4, 0.5) is 34.4 Å². The number of rotatable bonds is 4. The molecule has 1 aromatic heterocycles. The van der Waals surface area contributed by atoms with Crippen LogP contribution in [0, 0.1) is 0 Å². The van der Waals surface area contributed by atoms with Gasteiger partial charge in [-0.05, 0) is 68.5 Å². The number of hydrogen-bond acceptors (Lipinski definition) is 5. The van der Waals surface area contributed by atoms with Crippen LogP contribution in [0.2, 0.25) is 13.1 Å². The lowest BCUT2D eigenvalue weighted by Crippen LogP contribution is -2.59. The molecule has 3 aliphatic rings. The molecule has 5 nitrogen and oxygen atoms in total. The fourth-order valence-corrected chi connectivity index (χ4v) is 13.3. The maximum atomic E-state index is 5.41. The van der Waals surface area contributed by atoms with Crippen molar-refractivity contribution < 1.29 is 0 Å². The zero-order chi connectivity index (χ0) is 40.0. The minimum Gasteiger partial charge on any atom is -0.310 e. The van der Waals surface area contributed by atoms with Gasteiger partial charge in [0.25, 0.3) is 0 Å². The third-order valence-corrected chi connectivity index (χ3v) is 16.4. The van der Waals surface area contributed by atoms with E-state index in [1.165, 1.54) is 55.1 Å². The third-order valence-electron chi connectivity index (χ3n) is 12.9. The van der Waals surface area contributed by atoms with E-state index in [1.54, 1.807) is 0 Å². The van der Waals surface area contributed by atoms with Crippen LogP contribution in [0.15, 0.2) is 200 Å². The molecule has 0 amide bonds. The van der Waals surface area contributed by atoms with Gasteiger partial charge in [0, 0.05) is 28.1 Å². The van der Waals surface area contributed by atoms with Gasteiger partial charge in [0.05, 0.1) is 22.5 Å². The summed E-state index contributed by atoms with van der Waals surface area (Å²) in [5, 5.41) is 2.71. The Labute approximate surface area is 351 Å². The lowest BCUT2D eigenvalue weighted by molar-refractivity contribution is 0.753. The van der Waals surface area contributed by atoms with E-state index in [0.29, 0.717) is 17.6 Å². The normalized spacial score (nSPS) is 14.7. The molecule has 0 N–H and O–H groups in total. The summed E-state index contributed by atoms with van der Waals surface area (Å²) < 4.78 is 0. The molecule has 0 atom stereocenters. The van der Waals surface area contributed by atoms with Gasteiger partial charge >= 0.3 is 0 Å². The standard InChI is InChI=1S/C54H39N5Si/c1-60(2)47-33-19-18-32-46(47)59(53-56-51(36-20-6-3-7-21-36)55-52(57-53)37-22-8-4-9-23-37)50-48(60)35-34-43-49(50)39-26-12-13-27-40(39)54(43)41-28-14-16-30-44(41)58(38-24-10-5-11-25-38)45-31-17-15-29-42(45)54/h3-35H,1-2H3. The van der Waals surface area contributed by atoms with Crippen LogP contribution in [0.25, 0.3) is 33.9 Å². The molecule has 2 aliphatic heterocycles. The molecule has 284 valence electrons. The summed E-state index contributed by atoms with van der Waals surface area (Å²) in [5.41, 5.74) is 14.6. The fourth-order valence-electron chi connectivity index (χ4n) is 10.3. The molecule has 8 aromatic carbocycles. The maximum Gasteiger partial charge on any atom is 0.238 e. The predicted molar refractivity (Wildman–Crippen MR) is 248 cm³/mol. The summed E-state index contributed by atoms with van der Waals surface area (Å²) in [6.07, 6.45) is 0. The van der Waals surface area contributed by atoms with E-state index < -0.39 is 13.5 Å². The molecule has 0 saturated carbocycles. The molecule has 1 spiro atoms. The Bertz CT molecular complexity index is 3040. The van der Waals surface area contributed by atoms with Crippen molar-refractivity contribution in [2.45, 2.75) is 18.5 Å². The van der Waals surface area contributed by atoms with Crippen LogP contribution in [0.3, 0.4) is 0 Å². The van der Waals surface area contributed by atoms with Crippen LogP contribution in [0.5, 0.6) is 0 Å². The van der Waals surface area contributed by atoms with Gasteiger partial charge in [-0.1, -0.05) is 183 Å². The number of hydrogen-bond donors (Lipinski definition) is 0. The highest BCUT2D eigenvalue weighted by Gasteiger charge is 2.54. The van der Waals surface area contributed by atoms with Crippen LogP contribution < -0.4 is 20.2 Å². The number of fused-ring (bicyclic) bond motifs is 12. The van der Waals surface area contributed by atoms with Crippen molar-refractivity contribution in [1.82, 2.24) is 15.0 Å². The van der Waals surface area contributed by atoms with Gasteiger partial charge in [0.2, 0.25) is 5.95 Å². The molecule has 60 heavy (non-hydrogen) atoms. The van der Waals surface area contributed by atoms with Crippen molar-refractivity contribution in [3.8, 4) is 33.9 Å². The third kappa shape index (κ3) is 4.76. The highest BCUT2D eigenvalue weighted by molar-refractivity contribution is 7.02. The molecule has 0 unspecified atom stereocenters. The largest absolute Gasteiger partial charge is 0.310 e. The second-order valence-corrected chi connectivity index (χ2v) is 20.7. The lowest BCUT2D eigenvalue weighted by atomic mass is 9.64.